The summed E-state index contributed by atoms with van der Waals surface area (Å²) in [6.07, 6.45) is 7.73. The highest BCUT2D eigenvalue weighted by atomic mass is 32.1. The lowest BCUT2D eigenvalue weighted by molar-refractivity contribution is -0.145. The lowest BCUT2D eigenvalue weighted by atomic mass is 9.82. The number of carbonyl (C=O) groups excluding carboxylic acids is 2. The van der Waals surface area contributed by atoms with Gasteiger partial charge in [0.1, 0.15) is 5.59 Å². The molecule has 1 saturated heterocycles. The van der Waals surface area contributed by atoms with Crippen LogP contribution < -0.4 is 5.59 Å². The van der Waals surface area contributed by atoms with E-state index >= 15 is 0 Å². The van der Waals surface area contributed by atoms with Gasteiger partial charge in [0, 0.05) is 16.0 Å². The standard InChI is InChI=1S/C20H25BN2O4S/c1-3-4-5-6-7-16-8-9-17(28-16)15-10-11-22-18(12-15)21-26-19(24)13-23(2)14-20(25)27-21/h8-12H,3-7,13-14H2,1-2H3. The summed E-state index contributed by atoms with van der Waals surface area (Å²) in [6.45, 7) is 2.29. The summed E-state index contributed by atoms with van der Waals surface area (Å²) < 4.78 is 10.6. The third-order valence-electron chi connectivity index (χ3n) is 4.52. The first-order valence-electron chi connectivity index (χ1n) is 9.67. The van der Waals surface area contributed by atoms with Crippen molar-refractivity contribution in [1.82, 2.24) is 9.88 Å². The molecule has 0 N–H and O–H groups in total. The normalized spacial score (nSPS) is 15.7. The van der Waals surface area contributed by atoms with E-state index in [9.17, 15) is 9.59 Å². The molecule has 0 bridgehead atoms. The maximum atomic E-state index is 12.0. The van der Waals surface area contributed by atoms with Crippen LogP contribution in [0.5, 0.6) is 0 Å². The number of aryl methyl sites for hydroxylation is 1. The molecule has 3 rings (SSSR count). The third-order valence-corrected chi connectivity index (χ3v) is 5.71. The molecule has 2 aromatic rings. The Bertz CT molecular complexity index is 806. The van der Waals surface area contributed by atoms with E-state index in [-0.39, 0.29) is 13.1 Å². The van der Waals surface area contributed by atoms with E-state index in [1.165, 1.54) is 30.6 Å². The van der Waals surface area contributed by atoms with Crippen LogP contribution in [-0.4, -0.2) is 49.1 Å². The van der Waals surface area contributed by atoms with Crippen molar-refractivity contribution in [3.8, 4) is 10.4 Å². The fourth-order valence-corrected chi connectivity index (χ4v) is 4.12. The van der Waals surface area contributed by atoms with Crippen LogP contribution in [0.3, 0.4) is 0 Å². The van der Waals surface area contributed by atoms with Crippen molar-refractivity contribution in [3.05, 3.63) is 35.3 Å². The minimum atomic E-state index is -1.11. The molecule has 0 aromatic carbocycles. The highest BCUT2D eigenvalue weighted by Crippen LogP contribution is 2.28. The number of unbranched alkanes of at least 4 members (excludes halogenated alkanes) is 3. The van der Waals surface area contributed by atoms with Crippen molar-refractivity contribution in [1.29, 1.82) is 0 Å². The second-order valence-corrected chi connectivity index (χ2v) is 8.20. The Morgan fingerprint density at radius 2 is 1.86 bits per heavy atom. The third kappa shape index (κ3) is 5.66. The average Bonchev–Trinajstić information content (AvgIpc) is 3.12. The van der Waals surface area contributed by atoms with E-state index in [0.717, 1.165) is 16.9 Å². The van der Waals surface area contributed by atoms with Gasteiger partial charge in [-0.15, -0.1) is 11.3 Å². The molecule has 1 aliphatic rings. The Morgan fingerprint density at radius 1 is 1.11 bits per heavy atom. The van der Waals surface area contributed by atoms with Gasteiger partial charge in [0.2, 0.25) is 0 Å². The molecule has 1 aliphatic heterocycles. The van der Waals surface area contributed by atoms with Gasteiger partial charge in [-0.25, -0.2) is 0 Å². The summed E-state index contributed by atoms with van der Waals surface area (Å²) >= 11 is 1.76. The van der Waals surface area contributed by atoms with E-state index in [2.05, 4.69) is 24.0 Å². The fourth-order valence-electron chi connectivity index (χ4n) is 3.08. The summed E-state index contributed by atoms with van der Waals surface area (Å²) in [7, 11) is 0.556. The van der Waals surface area contributed by atoms with Gasteiger partial charge in [0.25, 0.3) is 0 Å². The van der Waals surface area contributed by atoms with Crippen LogP contribution in [0.2, 0.25) is 0 Å². The first kappa shape index (κ1) is 20.5. The molecule has 0 unspecified atom stereocenters. The minimum Gasteiger partial charge on any atom is -0.493 e. The Labute approximate surface area is 170 Å². The van der Waals surface area contributed by atoms with Gasteiger partial charge in [-0.05, 0) is 49.7 Å². The highest BCUT2D eigenvalue weighted by Gasteiger charge is 2.35. The number of thiophene rings is 1. The molecule has 0 amide bonds. The van der Waals surface area contributed by atoms with Gasteiger partial charge >= 0.3 is 19.1 Å². The Kier molecular flexibility index (Phi) is 7.22. The van der Waals surface area contributed by atoms with Gasteiger partial charge in [-0.2, -0.15) is 0 Å². The molecule has 28 heavy (non-hydrogen) atoms. The van der Waals surface area contributed by atoms with Crippen molar-refractivity contribution in [2.75, 3.05) is 20.1 Å². The van der Waals surface area contributed by atoms with E-state index in [0.29, 0.717) is 5.59 Å². The van der Waals surface area contributed by atoms with Crippen LogP contribution in [0.25, 0.3) is 10.4 Å². The second kappa shape index (κ2) is 9.84. The summed E-state index contributed by atoms with van der Waals surface area (Å²) in [5.41, 5.74) is 1.39. The number of carbonyl (C=O) groups is 2. The average molecular weight is 400 g/mol. The molecule has 148 valence electrons. The number of likely N-dealkylation sites (N-methyl/N-ethyl adjacent to an activating group) is 1. The number of pyridine rings is 1. The molecule has 3 heterocycles. The van der Waals surface area contributed by atoms with Crippen molar-refractivity contribution in [3.63, 3.8) is 0 Å². The van der Waals surface area contributed by atoms with Crippen molar-refractivity contribution >= 4 is 36.0 Å². The predicted molar refractivity (Wildman–Crippen MR) is 110 cm³/mol. The zero-order valence-electron chi connectivity index (χ0n) is 16.3. The molecule has 0 radical (unpaired) electrons. The number of aromatic nitrogens is 1. The minimum absolute atomic E-state index is 0.0393. The molecule has 0 saturated carbocycles. The van der Waals surface area contributed by atoms with E-state index in [4.69, 9.17) is 9.31 Å². The van der Waals surface area contributed by atoms with Gasteiger partial charge in [-0.1, -0.05) is 26.2 Å². The van der Waals surface area contributed by atoms with Gasteiger partial charge in [-0.3, -0.25) is 19.5 Å². The lowest BCUT2D eigenvalue weighted by Gasteiger charge is -2.22. The summed E-state index contributed by atoms with van der Waals surface area (Å²) in [5.74, 6) is -0.893. The maximum absolute atomic E-state index is 12.0. The molecule has 0 atom stereocenters. The number of nitrogens with zero attached hydrogens (tertiary/aromatic N) is 2. The molecule has 0 spiro atoms. The quantitative estimate of drug-likeness (QED) is 0.526. The number of rotatable bonds is 7. The van der Waals surface area contributed by atoms with Crippen LogP contribution >= 0.6 is 11.3 Å². The van der Waals surface area contributed by atoms with E-state index in [1.807, 2.05) is 12.1 Å². The van der Waals surface area contributed by atoms with Crippen LogP contribution in [0, 0.1) is 0 Å². The van der Waals surface area contributed by atoms with Crippen LogP contribution in [0.1, 0.15) is 37.5 Å². The second-order valence-electron chi connectivity index (χ2n) is 7.03. The smallest absolute Gasteiger partial charge is 0.493 e. The van der Waals surface area contributed by atoms with Gasteiger partial charge in [0.15, 0.2) is 0 Å². The summed E-state index contributed by atoms with van der Waals surface area (Å²) in [5, 5.41) is 0. The van der Waals surface area contributed by atoms with Crippen LogP contribution in [0.4, 0.5) is 0 Å². The van der Waals surface area contributed by atoms with Gasteiger partial charge in [0.05, 0.1) is 13.1 Å². The van der Waals surface area contributed by atoms with Crippen molar-refractivity contribution < 1.29 is 18.9 Å². The fraction of sp³-hybridized carbons (Fsp3) is 0.450. The Morgan fingerprint density at radius 3 is 2.57 bits per heavy atom. The maximum Gasteiger partial charge on any atom is 0.656 e. The first-order valence-corrected chi connectivity index (χ1v) is 10.5. The topological polar surface area (TPSA) is 68.7 Å². The first-order chi connectivity index (χ1) is 13.5. The SMILES string of the molecule is CCCCCCc1ccc(-c2ccnc(B3OC(=O)CN(C)CC(=O)O3)c2)s1. The van der Waals surface area contributed by atoms with Crippen molar-refractivity contribution in [2.45, 2.75) is 39.0 Å². The van der Waals surface area contributed by atoms with Crippen molar-refractivity contribution in [2.24, 2.45) is 0 Å². The van der Waals surface area contributed by atoms with Gasteiger partial charge < -0.3 is 9.31 Å². The summed E-state index contributed by atoms with van der Waals surface area (Å²) in [6, 6.07) is 8.00. The van der Waals surface area contributed by atoms with Crippen LogP contribution in [0.15, 0.2) is 30.5 Å². The predicted octanol–water partition coefficient (Wildman–Crippen LogP) is 2.66. The zero-order chi connectivity index (χ0) is 19.9. The molecular weight excluding hydrogens is 375 g/mol. The highest BCUT2D eigenvalue weighted by molar-refractivity contribution is 7.15. The molecule has 8 heteroatoms. The largest absolute Gasteiger partial charge is 0.656 e. The monoisotopic (exact) mass is 400 g/mol. The molecule has 1 fully saturated rings. The molecule has 0 aliphatic carbocycles. The molecule has 2 aromatic heterocycles. The zero-order valence-corrected chi connectivity index (χ0v) is 17.2. The molecular formula is C20H25BN2O4S. The van der Waals surface area contributed by atoms with Crippen LogP contribution in [-0.2, 0) is 25.3 Å². The Balaban J connectivity index is 1.72. The number of hydrogen-bond donors (Lipinski definition) is 0. The number of hydrogen-bond acceptors (Lipinski definition) is 7. The van der Waals surface area contributed by atoms with E-state index in [1.54, 1.807) is 29.5 Å². The lowest BCUT2D eigenvalue weighted by Crippen LogP contribution is -2.48. The molecule has 6 nitrogen and oxygen atoms in total. The van der Waals surface area contributed by atoms with E-state index < -0.39 is 19.1 Å². The summed E-state index contributed by atoms with van der Waals surface area (Å²) in [4.78, 5) is 32.2. The Hall–Kier alpha value is -2.19.